The average Bonchev–Trinajstić information content (AvgIpc) is 3.05. The van der Waals surface area contributed by atoms with Crippen LogP contribution in [-0.4, -0.2) is 33.6 Å². The van der Waals surface area contributed by atoms with Crippen LogP contribution in [0.1, 0.15) is 26.2 Å². The van der Waals surface area contributed by atoms with Crippen LogP contribution in [0.15, 0.2) is 10.8 Å². The number of aryl methyl sites for hydroxylation is 1. The standard InChI is InChI=1S/C12H14N4O3S2/c1-7-5-20-9(15-7)2-3-13-12(19)14-4-10-16-8(6-21-10)11(17)18/h5-6H,2-4H2,1H3,(H,17,18)(H2,13,14,19). The number of carboxylic acid groups (broad SMARTS) is 1. The molecule has 21 heavy (non-hydrogen) atoms. The quantitative estimate of drug-likeness (QED) is 0.749. The van der Waals surface area contributed by atoms with Gasteiger partial charge in [-0.05, 0) is 6.92 Å². The van der Waals surface area contributed by atoms with Crippen molar-refractivity contribution >= 4 is 34.7 Å². The van der Waals surface area contributed by atoms with Gasteiger partial charge in [0.2, 0.25) is 0 Å². The van der Waals surface area contributed by atoms with E-state index in [4.69, 9.17) is 5.11 Å². The summed E-state index contributed by atoms with van der Waals surface area (Å²) in [5.74, 6) is -1.07. The number of carbonyl (C=O) groups excluding carboxylic acids is 1. The second kappa shape index (κ2) is 7.14. The summed E-state index contributed by atoms with van der Waals surface area (Å²) in [6.07, 6.45) is 0.687. The molecule has 0 bridgehead atoms. The van der Waals surface area contributed by atoms with Crippen molar-refractivity contribution in [2.75, 3.05) is 6.54 Å². The maximum absolute atomic E-state index is 11.6. The fourth-order valence-corrected chi connectivity index (χ4v) is 2.99. The average molecular weight is 326 g/mol. The lowest BCUT2D eigenvalue weighted by Crippen LogP contribution is -2.36. The summed E-state index contributed by atoms with van der Waals surface area (Å²) >= 11 is 2.77. The van der Waals surface area contributed by atoms with Crippen molar-refractivity contribution in [2.24, 2.45) is 0 Å². The van der Waals surface area contributed by atoms with Crippen LogP contribution < -0.4 is 10.6 Å². The molecular formula is C12H14N4O3S2. The molecule has 0 unspecified atom stereocenters. The van der Waals surface area contributed by atoms with Gasteiger partial charge in [-0.25, -0.2) is 19.6 Å². The van der Waals surface area contributed by atoms with Crippen LogP contribution in [0.5, 0.6) is 0 Å². The zero-order chi connectivity index (χ0) is 15.2. The minimum atomic E-state index is -1.07. The number of rotatable bonds is 6. The van der Waals surface area contributed by atoms with Crippen LogP contribution in [0.25, 0.3) is 0 Å². The third kappa shape index (κ3) is 4.80. The van der Waals surface area contributed by atoms with Crippen LogP contribution in [0.2, 0.25) is 0 Å². The van der Waals surface area contributed by atoms with E-state index in [2.05, 4.69) is 20.6 Å². The van der Waals surface area contributed by atoms with Gasteiger partial charge < -0.3 is 15.7 Å². The van der Waals surface area contributed by atoms with Crippen molar-refractivity contribution in [3.8, 4) is 0 Å². The molecule has 2 aromatic rings. The molecule has 0 atom stereocenters. The summed E-state index contributed by atoms with van der Waals surface area (Å²) in [5.41, 5.74) is 0.980. The lowest BCUT2D eigenvalue weighted by molar-refractivity contribution is 0.0691. The highest BCUT2D eigenvalue weighted by molar-refractivity contribution is 7.10. The minimum absolute atomic E-state index is 0.00338. The summed E-state index contributed by atoms with van der Waals surface area (Å²) < 4.78 is 0. The van der Waals surface area contributed by atoms with Crippen LogP contribution in [0.3, 0.4) is 0 Å². The molecule has 2 rings (SSSR count). The highest BCUT2D eigenvalue weighted by Gasteiger charge is 2.09. The Morgan fingerprint density at radius 1 is 1.19 bits per heavy atom. The number of carboxylic acids is 1. The summed E-state index contributed by atoms with van der Waals surface area (Å²) in [4.78, 5) is 30.4. The Morgan fingerprint density at radius 3 is 2.57 bits per heavy atom. The highest BCUT2D eigenvalue weighted by Crippen LogP contribution is 2.09. The molecular weight excluding hydrogens is 312 g/mol. The molecule has 0 saturated heterocycles. The summed E-state index contributed by atoms with van der Waals surface area (Å²) in [7, 11) is 0. The van der Waals surface area contributed by atoms with Gasteiger partial charge in [0.05, 0.1) is 11.6 Å². The first kappa shape index (κ1) is 15.4. The molecule has 0 aliphatic rings. The first-order valence-electron chi connectivity index (χ1n) is 6.15. The van der Waals surface area contributed by atoms with E-state index in [9.17, 15) is 9.59 Å². The van der Waals surface area contributed by atoms with E-state index in [1.54, 1.807) is 11.3 Å². The number of urea groups is 1. The Balaban J connectivity index is 1.68. The Morgan fingerprint density at radius 2 is 1.95 bits per heavy atom. The number of thiazole rings is 2. The van der Waals surface area contributed by atoms with Gasteiger partial charge in [-0.2, -0.15) is 0 Å². The van der Waals surface area contributed by atoms with E-state index in [0.717, 1.165) is 10.7 Å². The molecule has 0 spiro atoms. The zero-order valence-corrected chi connectivity index (χ0v) is 12.9. The number of aromatic nitrogens is 2. The number of amides is 2. The Hall–Kier alpha value is -2.00. The molecule has 2 heterocycles. The van der Waals surface area contributed by atoms with E-state index in [1.165, 1.54) is 16.7 Å². The Kier molecular flexibility index (Phi) is 5.23. The molecule has 0 aromatic carbocycles. The predicted octanol–water partition coefficient (Wildman–Crippen LogP) is 1.65. The molecule has 0 aliphatic carbocycles. The van der Waals surface area contributed by atoms with Gasteiger partial charge in [0.25, 0.3) is 0 Å². The van der Waals surface area contributed by atoms with Crippen molar-refractivity contribution in [2.45, 2.75) is 19.9 Å². The molecule has 7 nitrogen and oxygen atoms in total. The Labute approximate surface area is 129 Å². The maximum Gasteiger partial charge on any atom is 0.355 e. The molecule has 2 amide bonds. The minimum Gasteiger partial charge on any atom is -0.476 e. The summed E-state index contributed by atoms with van der Waals surface area (Å²) in [6, 6.07) is -0.310. The fraction of sp³-hybridized carbons (Fsp3) is 0.333. The van der Waals surface area contributed by atoms with Gasteiger partial charge in [0.15, 0.2) is 5.69 Å². The van der Waals surface area contributed by atoms with Gasteiger partial charge in [0.1, 0.15) is 5.01 Å². The Bertz CT molecular complexity index is 638. The lowest BCUT2D eigenvalue weighted by Gasteiger charge is -2.05. The molecule has 3 N–H and O–H groups in total. The van der Waals surface area contributed by atoms with Gasteiger partial charge in [-0.3, -0.25) is 0 Å². The van der Waals surface area contributed by atoms with Crippen molar-refractivity contribution in [1.29, 1.82) is 0 Å². The topological polar surface area (TPSA) is 104 Å². The third-order valence-corrected chi connectivity index (χ3v) is 4.34. The van der Waals surface area contributed by atoms with Gasteiger partial charge >= 0.3 is 12.0 Å². The van der Waals surface area contributed by atoms with Gasteiger partial charge in [-0.15, -0.1) is 22.7 Å². The second-order valence-electron chi connectivity index (χ2n) is 4.17. The zero-order valence-electron chi connectivity index (χ0n) is 11.3. The number of carbonyl (C=O) groups is 2. The van der Waals surface area contributed by atoms with Crippen molar-refractivity contribution in [3.05, 3.63) is 32.2 Å². The smallest absolute Gasteiger partial charge is 0.355 e. The monoisotopic (exact) mass is 326 g/mol. The SMILES string of the molecule is Cc1csc(CCNC(=O)NCc2nc(C(=O)O)cs2)n1. The van der Waals surface area contributed by atoms with Crippen molar-refractivity contribution < 1.29 is 14.7 Å². The first-order chi connectivity index (χ1) is 10.0. The third-order valence-electron chi connectivity index (χ3n) is 2.46. The first-order valence-corrected chi connectivity index (χ1v) is 7.91. The van der Waals surface area contributed by atoms with Crippen LogP contribution in [-0.2, 0) is 13.0 Å². The van der Waals surface area contributed by atoms with Crippen LogP contribution in [0.4, 0.5) is 4.79 Å². The molecule has 0 saturated carbocycles. The molecule has 0 fully saturated rings. The predicted molar refractivity (Wildman–Crippen MR) is 79.9 cm³/mol. The van der Waals surface area contributed by atoms with E-state index < -0.39 is 5.97 Å². The van der Waals surface area contributed by atoms with E-state index >= 15 is 0 Å². The molecule has 0 radical (unpaired) electrons. The molecule has 112 valence electrons. The summed E-state index contributed by atoms with van der Waals surface area (Å²) in [6.45, 7) is 2.64. The number of nitrogens with one attached hydrogen (secondary N) is 2. The largest absolute Gasteiger partial charge is 0.476 e. The molecule has 2 aromatic heterocycles. The van der Waals surface area contributed by atoms with Crippen LogP contribution >= 0.6 is 22.7 Å². The molecule has 9 heteroatoms. The highest BCUT2D eigenvalue weighted by atomic mass is 32.1. The van der Waals surface area contributed by atoms with E-state index in [-0.39, 0.29) is 18.3 Å². The van der Waals surface area contributed by atoms with E-state index in [0.29, 0.717) is 18.0 Å². The van der Waals surface area contributed by atoms with Crippen molar-refractivity contribution in [3.63, 3.8) is 0 Å². The number of nitrogens with zero attached hydrogens (tertiary/aromatic N) is 2. The fourth-order valence-electron chi connectivity index (χ4n) is 1.51. The van der Waals surface area contributed by atoms with Crippen molar-refractivity contribution in [1.82, 2.24) is 20.6 Å². The summed E-state index contributed by atoms with van der Waals surface area (Å²) in [5, 5.41) is 19.0. The van der Waals surface area contributed by atoms with E-state index in [1.807, 2.05) is 12.3 Å². The van der Waals surface area contributed by atoms with Gasteiger partial charge in [-0.1, -0.05) is 0 Å². The number of aromatic carboxylic acids is 1. The van der Waals surface area contributed by atoms with Gasteiger partial charge in [0, 0.05) is 29.4 Å². The number of hydrogen-bond acceptors (Lipinski definition) is 6. The van der Waals surface area contributed by atoms with Crippen LogP contribution in [0, 0.1) is 6.92 Å². The second-order valence-corrected chi connectivity index (χ2v) is 6.06. The maximum atomic E-state index is 11.6. The normalized spacial score (nSPS) is 10.3. The molecule has 0 aliphatic heterocycles. The number of hydrogen-bond donors (Lipinski definition) is 3. The lowest BCUT2D eigenvalue weighted by atomic mass is 10.4.